The average Bonchev–Trinajstić information content (AvgIpc) is 2.43. The van der Waals surface area contributed by atoms with E-state index >= 15 is 0 Å². The first-order valence-electron chi connectivity index (χ1n) is 7.94. The van der Waals surface area contributed by atoms with Gasteiger partial charge in [0.15, 0.2) is 0 Å². The van der Waals surface area contributed by atoms with Crippen LogP contribution in [0.3, 0.4) is 0 Å². The summed E-state index contributed by atoms with van der Waals surface area (Å²) in [5.74, 6) is -1.10. The van der Waals surface area contributed by atoms with Crippen molar-refractivity contribution in [3.05, 3.63) is 0 Å². The van der Waals surface area contributed by atoms with E-state index in [9.17, 15) is 14.7 Å². The summed E-state index contributed by atoms with van der Waals surface area (Å²) in [7, 11) is 0. The Bertz CT molecular complexity index is 400. The van der Waals surface area contributed by atoms with E-state index in [1.54, 1.807) is 0 Å². The average molecular weight is 297 g/mol. The van der Waals surface area contributed by atoms with Crippen molar-refractivity contribution in [2.75, 3.05) is 19.6 Å². The number of carbonyl (C=O) groups excluding carboxylic acids is 1. The summed E-state index contributed by atoms with van der Waals surface area (Å²) in [6.45, 7) is 8.36. The zero-order valence-corrected chi connectivity index (χ0v) is 13.2. The Morgan fingerprint density at radius 1 is 1.24 bits per heavy atom. The minimum Gasteiger partial charge on any atom is -0.480 e. The topological polar surface area (TPSA) is 72.9 Å². The molecule has 0 aliphatic carbocycles. The first kappa shape index (κ1) is 16.1. The van der Waals surface area contributed by atoms with Crippen LogP contribution in [0.1, 0.15) is 40.0 Å². The van der Waals surface area contributed by atoms with Crippen molar-refractivity contribution in [2.45, 2.75) is 58.2 Å². The third-order valence-electron chi connectivity index (χ3n) is 4.66. The van der Waals surface area contributed by atoms with Gasteiger partial charge < -0.3 is 15.3 Å². The predicted octanol–water partition coefficient (Wildman–Crippen LogP) is 1.36. The smallest absolute Gasteiger partial charge is 0.326 e. The molecule has 2 fully saturated rings. The molecule has 2 saturated heterocycles. The van der Waals surface area contributed by atoms with Crippen molar-refractivity contribution in [3.8, 4) is 0 Å². The van der Waals surface area contributed by atoms with E-state index in [-0.39, 0.29) is 18.0 Å². The lowest BCUT2D eigenvalue weighted by Crippen LogP contribution is -2.63. The lowest BCUT2D eigenvalue weighted by atomic mass is 9.97. The number of fused-ring (bicyclic) bond motifs is 1. The van der Waals surface area contributed by atoms with Crippen molar-refractivity contribution < 1.29 is 14.7 Å². The summed E-state index contributed by atoms with van der Waals surface area (Å²) < 4.78 is 0. The van der Waals surface area contributed by atoms with Crippen LogP contribution in [0.5, 0.6) is 0 Å². The molecule has 2 rings (SSSR count). The molecule has 6 heteroatoms. The second-order valence-corrected chi connectivity index (χ2v) is 6.66. The molecule has 0 aromatic rings. The molecule has 6 nitrogen and oxygen atoms in total. The van der Waals surface area contributed by atoms with Crippen LogP contribution in [-0.2, 0) is 4.79 Å². The number of carbonyl (C=O) groups is 2. The van der Waals surface area contributed by atoms with Gasteiger partial charge in [-0.3, -0.25) is 4.90 Å². The van der Waals surface area contributed by atoms with Crippen molar-refractivity contribution in [2.24, 2.45) is 5.92 Å². The van der Waals surface area contributed by atoms with E-state index in [1.165, 1.54) is 12.8 Å². The van der Waals surface area contributed by atoms with Gasteiger partial charge in [-0.25, -0.2) is 9.59 Å². The zero-order valence-electron chi connectivity index (χ0n) is 13.2. The van der Waals surface area contributed by atoms with Crippen LogP contribution in [0.2, 0.25) is 0 Å². The van der Waals surface area contributed by atoms with Crippen LogP contribution < -0.4 is 5.32 Å². The number of urea groups is 1. The summed E-state index contributed by atoms with van der Waals surface area (Å²) in [6.07, 6.45) is 3.58. The van der Waals surface area contributed by atoms with Gasteiger partial charge in [-0.15, -0.1) is 0 Å². The molecule has 0 saturated carbocycles. The monoisotopic (exact) mass is 297 g/mol. The number of piperazine rings is 1. The van der Waals surface area contributed by atoms with Crippen molar-refractivity contribution in [1.29, 1.82) is 0 Å². The van der Waals surface area contributed by atoms with Gasteiger partial charge in [0.25, 0.3) is 0 Å². The summed E-state index contributed by atoms with van der Waals surface area (Å²) in [5.41, 5.74) is 0. The van der Waals surface area contributed by atoms with Gasteiger partial charge in [0.1, 0.15) is 6.04 Å². The van der Waals surface area contributed by atoms with Crippen LogP contribution in [0.4, 0.5) is 4.79 Å². The minimum absolute atomic E-state index is 0.126. The van der Waals surface area contributed by atoms with E-state index in [2.05, 4.69) is 10.2 Å². The maximum atomic E-state index is 12.4. The number of piperidine rings is 1. The van der Waals surface area contributed by atoms with Crippen molar-refractivity contribution >= 4 is 12.0 Å². The fraction of sp³-hybridized carbons (Fsp3) is 0.867. The second-order valence-electron chi connectivity index (χ2n) is 6.66. The number of rotatable bonds is 3. The summed E-state index contributed by atoms with van der Waals surface area (Å²) in [4.78, 5) is 27.9. The maximum Gasteiger partial charge on any atom is 0.326 e. The molecule has 0 bridgehead atoms. The highest BCUT2D eigenvalue weighted by Crippen LogP contribution is 2.24. The van der Waals surface area contributed by atoms with Crippen molar-refractivity contribution in [1.82, 2.24) is 15.1 Å². The highest BCUT2D eigenvalue weighted by Gasteiger charge is 2.36. The SMILES string of the molecule is CC(C)[C@H](NC(=O)N1CC2CCCCN2CC1C)C(=O)O. The standard InChI is InChI=1S/C15H27N3O3/c1-10(2)13(14(19)20)16-15(21)18-9-12-6-4-5-7-17(12)8-11(18)3/h10-13H,4-9H2,1-3H3,(H,16,21)(H,19,20)/t11?,12?,13-/m0/s1. The number of hydrogen-bond acceptors (Lipinski definition) is 3. The summed E-state index contributed by atoms with van der Waals surface area (Å²) in [5, 5.41) is 11.9. The first-order chi connectivity index (χ1) is 9.90. The number of aliphatic carboxylic acids is 1. The summed E-state index contributed by atoms with van der Waals surface area (Å²) >= 11 is 0. The van der Waals surface area contributed by atoms with Gasteiger partial charge in [0.05, 0.1) is 0 Å². The van der Waals surface area contributed by atoms with Gasteiger partial charge in [-0.2, -0.15) is 0 Å². The number of amides is 2. The first-order valence-corrected chi connectivity index (χ1v) is 7.94. The Hall–Kier alpha value is -1.30. The highest BCUT2D eigenvalue weighted by molar-refractivity contribution is 5.83. The fourth-order valence-electron chi connectivity index (χ4n) is 3.36. The fourth-order valence-corrected chi connectivity index (χ4v) is 3.36. The molecule has 2 unspecified atom stereocenters. The van der Waals surface area contributed by atoms with Gasteiger partial charge in [0, 0.05) is 25.2 Å². The van der Waals surface area contributed by atoms with Gasteiger partial charge >= 0.3 is 12.0 Å². The molecule has 3 atom stereocenters. The molecule has 2 aliphatic heterocycles. The number of carboxylic acids is 1. The van der Waals surface area contributed by atoms with Crippen LogP contribution >= 0.6 is 0 Å². The quantitative estimate of drug-likeness (QED) is 0.825. The molecule has 0 aromatic carbocycles. The van der Waals surface area contributed by atoms with E-state index in [0.717, 1.165) is 19.5 Å². The molecule has 0 radical (unpaired) electrons. The van der Waals surface area contributed by atoms with Crippen molar-refractivity contribution in [3.63, 3.8) is 0 Å². The van der Waals surface area contributed by atoms with Crippen LogP contribution in [-0.4, -0.2) is 64.7 Å². The Morgan fingerprint density at radius 2 is 1.95 bits per heavy atom. The van der Waals surface area contributed by atoms with Gasteiger partial charge in [-0.1, -0.05) is 20.3 Å². The highest BCUT2D eigenvalue weighted by atomic mass is 16.4. The van der Waals surface area contributed by atoms with E-state index in [1.807, 2.05) is 25.7 Å². The molecule has 2 heterocycles. The molecule has 2 amide bonds. The Balaban J connectivity index is 1.99. The third kappa shape index (κ3) is 3.67. The lowest BCUT2D eigenvalue weighted by Gasteiger charge is -2.47. The molecular weight excluding hydrogens is 270 g/mol. The lowest BCUT2D eigenvalue weighted by molar-refractivity contribution is -0.140. The van der Waals surface area contributed by atoms with Crippen LogP contribution in [0, 0.1) is 5.92 Å². The normalized spacial score (nSPS) is 28.1. The number of hydrogen-bond donors (Lipinski definition) is 2. The molecule has 2 aliphatic rings. The second kappa shape index (κ2) is 6.64. The predicted molar refractivity (Wildman–Crippen MR) is 80.2 cm³/mol. The van der Waals surface area contributed by atoms with Crippen LogP contribution in [0.25, 0.3) is 0 Å². The molecular formula is C15H27N3O3. The summed E-state index contributed by atoms with van der Waals surface area (Å²) in [6, 6.07) is -0.508. The largest absolute Gasteiger partial charge is 0.480 e. The van der Waals surface area contributed by atoms with E-state index < -0.39 is 12.0 Å². The molecule has 120 valence electrons. The maximum absolute atomic E-state index is 12.4. The van der Waals surface area contributed by atoms with Crippen LogP contribution in [0.15, 0.2) is 0 Å². The van der Waals surface area contributed by atoms with E-state index in [0.29, 0.717) is 12.6 Å². The van der Waals surface area contributed by atoms with E-state index in [4.69, 9.17) is 0 Å². The zero-order chi connectivity index (χ0) is 15.6. The Kier molecular flexibility index (Phi) is 5.08. The van der Waals surface area contributed by atoms with Gasteiger partial charge in [-0.05, 0) is 32.2 Å². The minimum atomic E-state index is -0.970. The number of carboxylic acid groups (broad SMARTS) is 1. The third-order valence-corrected chi connectivity index (χ3v) is 4.66. The molecule has 2 N–H and O–H groups in total. The molecule has 21 heavy (non-hydrogen) atoms. The number of nitrogens with one attached hydrogen (secondary N) is 1. The molecule has 0 spiro atoms. The molecule has 0 aromatic heterocycles. The number of nitrogens with zero attached hydrogens (tertiary/aromatic N) is 2. The van der Waals surface area contributed by atoms with Gasteiger partial charge in [0.2, 0.25) is 0 Å². The Labute approximate surface area is 126 Å². The Morgan fingerprint density at radius 3 is 2.57 bits per heavy atom.